The van der Waals surface area contributed by atoms with E-state index in [2.05, 4.69) is 10.0 Å². The van der Waals surface area contributed by atoms with Gasteiger partial charge in [0, 0.05) is 6.54 Å². The third-order valence-electron chi connectivity index (χ3n) is 2.88. The number of hydrogen-bond donors (Lipinski definition) is 2. The van der Waals surface area contributed by atoms with Crippen LogP contribution in [0.5, 0.6) is 0 Å². The monoisotopic (exact) mass is 254 g/mol. The van der Waals surface area contributed by atoms with E-state index < -0.39 is 10.0 Å². The molecule has 0 aliphatic carbocycles. The SMILES string of the molecule is CCCS(=O)(=O)Nc1cccc2c1CCNC2. The zero-order valence-corrected chi connectivity index (χ0v) is 10.8. The van der Waals surface area contributed by atoms with E-state index in [1.54, 1.807) is 0 Å². The molecule has 1 heterocycles. The molecule has 1 aliphatic rings. The van der Waals surface area contributed by atoms with Gasteiger partial charge in [-0.15, -0.1) is 0 Å². The Hall–Kier alpha value is -1.07. The number of sulfonamides is 1. The second-order valence-corrected chi connectivity index (χ2v) is 6.13. The van der Waals surface area contributed by atoms with Crippen LogP contribution in [0.2, 0.25) is 0 Å². The summed E-state index contributed by atoms with van der Waals surface area (Å²) < 4.78 is 26.2. The first kappa shape index (κ1) is 12.4. The number of rotatable bonds is 4. The fourth-order valence-electron chi connectivity index (χ4n) is 2.11. The predicted octanol–water partition coefficient (Wildman–Crippen LogP) is 1.48. The molecule has 1 aliphatic heterocycles. The van der Waals surface area contributed by atoms with E-state index in [0.29, 0.717) is 6.42 Å². The summed E-state index contributed by atoms with van der Waals surface area (Å²) in [4.78, 5) is 0. The van der Waals surface area contributed by atoms with Gasteiger partial charge in [-0.25, -0.2) is 8.42 Å². The maximum Gasteiger partial charge on any atom is 0.232 e. The number of nitrogens with one attached hydrogen (secondary N) is 2. The van der Waals surface area contributed by atoms with Crippen LogP contribution in [0.15, 0.2) is 18.2 Å². The van der Waals surface area contributed by atoms with Gasteiger partial charge in [0.25, 0.3) is 0 Å². The van der Waals surface area contributed by atoms with Gasteiger partial charge in [-0.2, -0.15) is 0 Å². The molecular weight excluding hydrogens is 236 g/mol. The van der Waals surface area contributed by atoms with Crippen molar-refractivity contribution in [2.75, 3.05) is 17.0 Å². The maximum absolute atomic E-state index is 11.8. The van der Waals surface area contributed by atoms with Gasteiger partial charge >= 0.3 is 0 Å². The summed E-state index contributed by atoms with van der Waals surface area (Å²) in [5, 5.41) is 3.28. The van der Waals surface area contributed by atoms with Crippen molar-refractivity contribution in [2.24, 2.45) is 0 Å². The van der Waals surface area contributed by atoms with Crippen LogP contribution in [0.3, 0.4) is 0 Å². The Bertz CT molecular complexity index is 497. The molecule has 94 valence electrons. The molecule has 0 atom stereocenters. The lowest BCUT2D eigenvalue weighted by Gasteiger charge is -2.20. The lowest BCUT2D eigenvalue weighted by atomic mass is 9.99. The van der Waals surface area contributed by atoms with Crippen molar-refractivity contribution in [3.63, 3.8) is 0 Å². The molecule has 5 heteroatoms. The maximum atomic E-state index is 11.8. The van der Waals surface area contributed by atoms with E-state index in [-0.39, 0.29) is 5.75 Å². The van der Waals surface area contributed by atoms with Crippen LogP contribution in [0.4, 0.5) is 5.69 Å². The van der Waals surface area contributed by atoms with Crippen molar-refractivity contribution in [1.29, 1.82) is 0 Å². The molecular formula is C12H18N2O2S. The highest BCUT2D eigenvalue weighted by molar-refractivity contribution is 7.92. The summed E-state index contributed by atoms with van der Waals surface area (Å²) in [5.41, 5.74) is 3.07. The number of fused-ring (bicyclic) bond motifs is 1. The predicted molar refractivity (Wildman–Crippen MR) is 69.6 cm³/mol. The molecule has 4 nitrogen and oxygen atoms in total. The molecule has 0 saturated heterocycles. The van der Waals surface area contributed by atoms with Gasteiger partial charge in [0.15, 0.2) is 0 Å². The van der Waals surface area contributed by atoms with Gasteiger partial charge in [-0.3, -0.25) is 4.72 Å². The molecule has 0 unspecified atom stereocenters. The first-order chi connectivity index (χ1) is 8.12. The lowest BCUT2D eigenvalue weighted by molar-refractivity contribution is 0.599. The highest BCUT2D eigenvalue weighted by Gasteiger charge is 2.16. The normalized spacial score (nSPS) is 15.4. The van der Waals surface area contributed by atoms with Gasteiger partial charge in [-0.1, -0.05) is 19.1 Å². The molecule has 2 N–H and O–H groups in total. The van der Waals surface area contributed by atoms with Crippen LogP contribution in [0.25, 0.3) is 0 Å². The number of hydrogen-bond acceptors (Lipinski definition) is 3. The minimum Gasteiger partial charge on any atom is -0.312 e. The van der Waals surface area contributed by atoms with E-state index in [1.165, 1.54) is 5.56 Å². The van der Waals surface area contributed by atoms with Crippen LogP contribution in [-0.4, -0.2) is 20.7 Å². The standard InChI is InChI=1S/C12H18N2O2S/c1-2-8-17(15,16)14-12-5-3-4-10-9-13-7-6-11(10)12/h3-5,13-14H,2,6-9H2,1H3. The highest BCUT2D eigenvalue weighted by Crippen LogP contribution is 2.24. The van der Waals surface area contributed by atoms with Crippen LogP contribution in [0.1, 0.15) is 24.5 Å². The summed E-state index contributed by atoms with van der Waals surface area (Å²) in [6, 6.07) is 5.78. The van der Waals surface area contributed by atoms with E-state index in [1.807, 2.05) is 25.1 Å². The van der Waals surface area contributed by atoms with Crippen molar-refractivity contribution < 1.29 is 8.42 Å². The smallest absolute Gasteiger partial charge is 0.232 e. The van der Waals surface area contributed by atoms with Gasteiger partial charge < -0.3 is 5.32 Å². The third kappa shape index (κ3) is 2.98. The summed E-state index contributed by atoms with van der Waals surface area (Å²) in [5.74, 6) is 0.176. The number of anilines is 1. The Morgan fingerprint density at radius 3 is 3.00 bits per heavy atom. The van der Waals surface area contributed by atoms with Gasteiger partial charge in [0.05, 0.1) is 11.4 Å². The van der Waals surface area contributed by atoms with Crippen molar-refractivity contribution in [3.05, 3.63) is 29.3 Å². The minimum atomic E-state index is -3.19. The second-order valence-electron chi connectivity index (χ2n) is 4.29. The van der Waals surface area contributed by atoms with Crippen molar-refractivity contribution >= 4 is 15.7 Å². The molecule has 0 spiro atoms. The molecule has 0 saturated carbocycles. The summed E-state index contributed by atoms with van der Waals surface area (Å²) >= 11 is 0. The Kier molecular flexibility index (Phi) is 3.69. The molecule has 17 heavy (non-hydrogen) atoms. The Balaban J connectivity index is 2.27. The second kappa shape index (κ2) is 5.06. The fourth-order valence-corrected chi connectivity index (χ4v) is 3.28. The zero-order valence-electron chi connectivity index (χ0n) is 9.99. The van der Waals surface area contributed by atoms with Crippen LogP contribution in [0, 0.1) is 0 Å². The summed E-state index contributed by atoms with van der Waals surface area (Å²) in [6.07, 6.45) is 1.51. The van der Waals surface area contributed by atoms with Crippen molar-refractivity contribution in [3.8, 4) is 0 Å². The lowest BCUT2D eigenvalue weighted by Crippen LogP contribution is -2.25. The van der Waals surface area contributed by atoms with E-state index >= 15 is 0 Å². The molecule has 0 aromatic heterocycles. The molecule has 2 rings (SSSR count). The van der Waals surface area contributed by atoms with Crippen LogP contribution >= 0.6 is 0 Å². The van der Waals surface area contributed by atoms with Crippen molar-refractivity contribution in [2.45, 2.75) is 26.3 Å². The zero-order chi connectivity index (χ0) is 12.3. The average Bonchev–Trinajstić information content (AvgIpc) is 2.29. The average molecular weight is 254 g/mol. The molecule has 0 radical (unpaired) electrons. The summed E-state index contributed by atoms with van der Waals surface area (Å²) in [7, 11) is -3.19. The number of benzene rings is 1. The third-order valence-corrected chi connectivity index (χ3v) is 4.36. The van der Waals surface area contributed by atoms with Crippen molar-refractivity contribution in [1.82, 2.24) is 5.32 Å². The van der Waals surface area contributed by atoms with Gasteiger partial charge in [-0.05, 0) is 36.6 Å². The quantitative estimate of drug-likeness (QED) is 0.855. The Morgan fingerprint density at radius 2 is 2.24 bits per heavy atom. The fraction of sp³-hybridized carbons (Fsp3) is 0.500. The van der Waals surface area contributed by atoms with E-state index in [0.717, 1.165) is 30.8 Å². The first-order valence-electron chi connectivity index (χ1n) is 5.94. The molecule has 1 aromatic rings. The summed E-state index contributed by atoms with van der Waals surface area (Å²) in [6.45, 7) is 3.59. The molecule has 0 bridgehead atoms. The molecule has 0 amide bonds. The van der Waals surface area contributed by atoms with E-state index in [4.69, 9.17) is 0 Å². The Labute approximate surface area is 102 Å². The molecule has 0 fully saturated rings. The Morgan fingerprint density at radius 1 is 1.41 bits per heavy atom. The van der Waals surface area contributed by atoms with Crippen LogP contribution in [-0.2, 0) is 23.0 Å². The first-order valence-corrected chi connectivity index (χ1v) is 7.59. The van der Waals surface area contributed by atoms with Gasteiger partial charge in [0.1, 0.15) is 0 Å². The van der Waals surface area contributed by atoms with E-state index in [9.17, 15) is 8.42 Å². The highest BCUT2D eigenvalue weighted by atomic mass is 32.2. The largest absolute Gasteiger partial charge is 0.312 e. The topological polar surface area (TPSA) is 58.2 Å². The molecule has 1 aromatic carbocycles. The minimum absolute atomic E-state index is 0.176. The van der Waals surface area contributed by atoms with Gasteiger partial charge in [0.2, 0.25) is 10.0 Å². The van der Waals surface area contributed by atoms with Crippen LogP contribution < -0.4 is 10.0 Å².